The van der Waals surface area contributed by atoms with Gasteiger partial charge in [0.1, 0.15) is 0 Å². The second-order valence-electron chi connectivity index (χ2n) is 12.3. The molecule has 2 saturated heterocycles. The third-order valence-electron chi connectivity index (χ3n) is 9.31. The summed E-state index contributed by atoms with van der Waals surface area (Å²) in [6, 6.07) is 30.6. The fourth-order valence-electron chi connectivity index (χ4n) is 6.97. The van der Waals surface area contributed by atoms with Crippen molar-refractivity contribution in [3.8, 4) is 33.4 Å². The van der Waals surface area contributed by atoms with Crippen LogP contribution < -0.4 is 9.80 Å². The maximum atomic E-state index is 12.8. The first-order valence-electron chi connectivity index (χ1n) is 15.0. The molecule has 2 amide bonds. The maximum absolute atomic E-state index is 12.8. The highest BCUT2D eigenvalue weighted by Crippen LogP contribution is 2.49. The topological polar surface area (TPSA) is 40.6 Å². The van der Waals surface area contributed by atoms with E-state index in [9.17, 15) is 9.59 Å². The molecule has 0 aromatic heterocycles. The first-order chi connectivity index (χ1) is 19.9. The van der Waals surface area contributed by atoms with Gasteiger partial charge in [0, 0.05) is 42.7 Å². The van der Waals surface area contributed by atoms with E-state index >= 15 is 0 Å². The van der Waals surface area contributed by atoms with Gasteiger partial charge in [-0.3, -0.25) is 9.59 Å². The summed E-state index contributed by atoms with van der Waals surface area (Å²) < 4.78 is 0. The minimum atomic E-state index is -0.0313. The lowest BCUT2D eigenvalue weighted by Gasteiger charge is -2.31. The molecule has 4 nitrogen and oxygen atoms in total. The van der Waals surface area contributed by atoms with Gasteiger partial charge >= 0.3 is 0 Å². The molecule has 0 radical (unpaired) electrons. The lowest BCUT2D eigenvalue weighted by Crippen LogP contribution is -2.37. The third kappa shape index (κ3) is 4.46. The van der Waals surface area contributed by atoms with Crippen molar-refractivity contribution in [1.82, 2.24) is 0 Å². The number of fused-ring (bicyclic) bond motifs is 3. The Bertz CT molecular complexity index is 1620. The number of carbonyl (C=O) groups excluding carboxylic acids is 2. The van der Waals surface area contributed by atoms with Crippen LogP contribution in [0.2, 0.25) is 0 Å². The lowest BCUT2D eigenvalue weighted by atomic mass is 9.81. The zero-order valence-electron chi connectivity index (χ0n) is 24.0. The molecule has 3 aliphatic rings. The summed E-state index contributed by atoms with van der Waals surface area (Å²) in [7, 11) is 0. The van der Waals surface area contributed by atoms with Crippen molar-refractivity contribution in [1.29, 1.82) is 0 Å². The summed E-state index contributed by atoms with van der Waals surface area (Å²) in [5.74, 6) is 0.336. The van der Waals surface area contributed by atoms with E-state index in [0.717, 1.165) is 61.3 Å². The summed E-state index contributed by atoms with van der Waals surface area (Å²) in [4.78, 5) is 29.5. The summed E-state index contributed by atoms with van der Waals surface area (Å²) >= 11 is 0. The molecule has 4 aromatic carbocycles. The molecule has 2 heterocycles. The molecule has 0 atom stereocenters. The van der Waals surface area contributed by atoms with Crippen molar-refractivity contribution in [2.24, 2.45) is 0 Å². The highest BCUT2D eigenvalue weighted by Gasteiger charge is 2.35. The molecule has 41 heavy (non-hydrogen) atoms. The number of hydrogen-bond donors (Lipinski definition) is 0. The fraction of sp³-hybridized carbons (Fsp3) is 0.297. The van der Waals surface area contributed by atoms with Crippen LogP contribution in [-0.4, -0.2) is 24.9 Å². The van der Waals surface area contributed by atoms with Gasteiger partial charge in [0.2, 0.25) is 11.8 Å². The molecule has 4 aromatic rings. The summed E-state index contributed by atoms with van der Waals surface area (Å²) in [5, 5.41) is 0. The van der Waals surface area contributed by atoms with E-state index in [1.54, 1.807) is 0 Å². The Morgan fingerprint density at radius 3 is 1.68 bits per heavy atom. The summed E-state index contributed by atoms with van der Waals surface area (Å²) in [6.45, 7) is 6.09. The van der Waals surface area contributed by atoms with Gasteiger partial charge in [0.05, 0.1) is 0 Å². The van der Waals surface area contributed by atoms with Gasteiger partial charge in [-0.1, -0.05) is 74.5 Å². The number of carbonyl (C=O) groups is 2. The highest BCUT2D eigenvalue weighted by molar-refractivity contribution is 5.99. The molecule has 0 saturated carbocycles. The molecule has 2 fully saturated rings. The van der Waals surface area contributed by atoms with Crippen LogP contribution in [0.4, 0.5) is 11.4 Å². The predicted octanol–water partition coefficient (Wildman–Crippen LogP) is 8.36. The van der Waals surface area contributed by atoms with Crippen molar-refractivity contribution in [3.63, 3.8) is 0 Å². The Balaban J connectivity index is 1.25. The molecule has 2 aliphatic heterocycles. The van der Waals surface area contributed by atoms with E-state index in [1.807, 2.05) is 15.9 Å². The van der Waals surface area contributed by atoms with E-state index in [0.29, 0.717) is 12.8 Å². The van der Waals surface area contributed by atoms with E-state index in [-0.39, 0.29) is 17.2 Å². The minimum absolute atomic E-state index is 0.0313. The second kappa shape index (κ2) is 10.0. The normalized spacial score (nSPS) is 17.9. The Kier molecular flexibility index (Phi) is 6.30. The van der Waals surface area contributed by atoms with E-state index < -0.39 is 0 Å². The highest BCUT2D eigenvalue weighted by atomic mass is 16.2. The SMILES string of the molecule is CC1(C)c2ccccc2-c2ccc(-c3ccc(-c4cc(N5CCCCC5=O)cc(N5CCCCC5=O)c4)cc3)cc21. The molecule has 0 bridgehead atoms. The van der Waals surface area contributed by atoms with Crippen LogP contribution in [-0.2, 0) is 15.0 Å². The zero-order valence-corrected chi connectivity index (χ0v) is 24.0. The first-order valence-corrected chi connectivity index (χ1v) is 15.0. The Labute approximate surface area is 242 Å². The predicted molar refractivity (Wildman–Crippen MR) is 167 cm³/mol. The van der Waals surface area contributed by atoms with E-state index in [4.69, 9.17) is 0 Å². The number of amides is 2. The Morgan fingerprint density at radius 1 is 0.537 bits per heavy atom. The number of nitrogens with zero attached hydrogens (tertiary/aromatic N) is 2. The number of anilines is 2. The zero-order chi connectivity index (χ0) is 28.1. The molecule has 7 rings (SSSR count). The quantitative estimate of drug-likeness (QED) is 0.261. The molecular weight excluding hydrogens is 504 g/mol. The Morgan fingerprint density at radius 2 is 1.07 bits per heavy atom. The largest absolute Gasteiger partial charge is 0.312 e. The van der Waals surface area contributed by atoms with Gasteiger partial charge in [-0.15, -0.1) is 0 Å². The molecule has 0 N–H and O–H groups in total. The monoisotopic (exact) mass is 540 g/mol. The molecule has 1 aliphatic carbocycles. The van der Waals surface area contributed by atoms with Crippen LogP contribution in [0, 0.1) is 0 Å². The van der Waals surface area contributed by atoms with Gasteiger partial charge < -0.3 is 9.80 Å². The van der Waals surface area contributed by atoms with Gasteiger partial charge in [0.25, 0.3) is 0 Å². The lowest BCUT2D eigenvalue weighted by molar-refractivity contribution is -0.120. The van der Waals surface area contributed by atoms with Crippen LogP contribution in [0.1, 0.15) is 63.5 Å². The smallest absolute Gasteiger partial charge is 0.226 e. The van der Waals surface area contributed by atoms with Gasteiger partial charge in [0.15, 0.2) is 0 Å². The van der Waals surface area contributed by atoms with Crippen LogP contribution in [0.3, 0.4) is 0 Å². The van der Waals surface area contributed by atoms with Crippen LogP contribution in [0.15, 0.2) is 84.9 Å². The number of hydrogen-bond acceptors (Lipinski definition) is 2. The summed E-state index contributed by atoms with van der Waals surface area (Å²) in [5.41, 5.74) is 11.7. The average Bonchev–Trinajstić information content (AvgIpc) is 3.23. The van der Waals surface area contributed by atoms with Crippen molar-refractivity contribution in [3.05, 3.63) is 96.1 Å². The number of benzene rings is 4. The van der Waals surface area contributed by atoms with Gasteiger partial charge in [-0.25, -0.2) is 0 Å². The van der Waals surface area contributed by atoms with Gasteiger partial charge in [-0.05, 0) is 94.5 Å². The van der Waals surface area contributed by atoms with Crippen molar-refractivity contribution in [2.75, 3.05) is 22.9 Å². The maximum Gasteiger partial charge on any atom is 0.226 e. The minimum Gasteiger partial charge on any atom is -0.312 e. The molecule has 4 heteroatoms. The molecule has 206 valence electrons. The third-order valence-corrected chi connectivity index (χ3v) is 9.31. The molecular formula is C37H36N2O2. The standard InChI is InChI=1S/C37H36N2O2/c1-37(2)33-10-4-3-9-31(33)32-18-17-27(23-34(32)37)25-13-15-26(16-14-25)28-21-29(38-19-7-5-11-35(38)40)24-30(22-28)39-20-8-6-12-36(39)41/h3-4,9-10,13-18,21-24H,5-8,11-12,19-20H2,1-2H3. The number of rotatable bonds is 4. The van der Waals surface area contributed by atoms with Crippen LogP contribution >= 0.6 is 0 Å². The first kappa shape index (κ1) is 25.8. The van der Waals surface area contributed by atoms with Crippen LogP contribution in [0.5, 0.6) is 0 Å². The average molecular weight is 541 g/mol. The van der Waals surface area contributed by atoms with Crippen LogP contribution in [0.25, 0.3) is 33.4 Å². The van der Waals surface area contributed by atoms with Crippen molar-refractivity contribution < 1.29 is 9.59 Å². The van der Waals surface area contributed by atoms with E-state index in [2.05, 4.69) is 92.7 Å². The summed E-state index contributed by atoms with van der Waals surface area (Å²) in [6.07, 6.45) is 5.07. The number of piperidine rings is 2. The molecule has 0 unspecified atom stereocenters. The van der Waals surface area contributed by atoms with Crippen molar-refractivity contribution >= 4 is 23.2 Å². The van der Waals surface area contributed by atoms with Gasteiger partial charge in [-0.2, -0.15) is 0 Å². The molecule has 0 spiro atoms. The fourth-order valence-corrected chi connectivity index (χ4v) is 6.97. The van der Waals surface area contributed by atoms with E-state index in [1.165, 1.54) is 33.4 Å². The second-order valence-corrected chi connectivity index (χ2v) is 12.3. The Hall–Kier alpha value is -4.18. The van der Waals surface area contributed by atoms with Crippen molar-refractivity contribution in [2.45, 2.75) is 57.8 Å².